The van der Waals surface area contributed by atoms with Crippen LogP contribution in [0, 0.1) is 11.6 Å². The number of carbonyl (C=O) groups is 2. The number of para-hydroxylation sites is 1. The predicted molar refractivity (Wildman–Crippen MR) is 133 cm³/mol. The van der Waals surface area contributed by atoms with Crippen LogP contribution in [0.1, 0.15) is 24.8 Å². The van der Waals surface area contributed by atoms with Crippen LogP contribution in [0.3, 0.4) is 0 Å². The van der Waals surface area contributed by atoms with Crippen molar-refractivity contribution in [1.29, 1.82) is 0 Å². The topological polar surface area (TPSA) is 75.4 Å². The van der Waals surface area contributed by atoms with E-state index in [4.69, 9.17) is 4.42 Å². The van der Waals surface area contributed by atoms with Crippen molar-refractivity contribution in [1.82, 2.24) is 4.98 Å². The van der Waals surface area contributed by atoms with Gasteiger partial charge in [-0.15, -0.1) is 0 Å². The third-order valence-corrected chi connectivity index (χ3v) is 5.59. The molecule has 1 N–H and O–H groups in total. The van der Waals surface area contributed by atoms with Gasteiger partial charge in [-0.05, 0) is 48.9 Å². The van der Waals surface area contributed by atoms with E-state index in [0.29, 0.717) is 12.2 Å². The summed E-state index contributed by atoms with van der Waals surface area (Å²) in [5, 5.41) is 2.80. The standard InChI is InChI=1S/C28H25F2N3O3/c1-2-33(22-6-4-3-5-7-22)28(35)16-19-8-11-21(12-9-19)32-26(34)14-15-27-31-18-25(36-27)23-13-10-20(29)17-24(23)30/h3-13,17-18H,2,14-16H2,1H3,(H,32,34). The number of halogens is 2. The molecule has 184 valence electrons. The Hall–Kier alpha value is -4.33. The SMILES string of the molecule is CCN(C(=O)Cc1ccc(NC(=O)CCc2ncc(-c3ccc(F)cc3F)o2)cc1)c1ccccc1. The first kappa shape index (κ1) is 24.8. The highest BCUT2D eigenvalue weighted by Crippen LogP contribution is 2.24. The van der Waals surface area contributed by atoms with Crippen molar-refractivity contribution in [2.45, 2.75) is 26.2 Å². The second-order valence-corrected chi connectivity index (χ2v) is 8.14. The van der Waals surface area contributed by atoms with Gasteiger partial charge in [-0.3, -0.25) is 9.59 Å². The van der Waals surface area contributed by atoms with E-state index >= 15 is 0 Å². The molecule has 0 aliphatic carbocycles. The van der Waals surface area contributed by atoms with Gasteiger partial charge in [-0.1, -0.05) is 30.3 Å². The fourth-order valence-electron chi connectivity index (χ4n) is 3.77. The Bertz CT molecular complexity index is 1340. The highest BCUT2D eigenvalue weighted by Gasteiger charge is 2.15. The van der Waals surface area contributed by atoms with Gasteiger partial charge >= 0.3 is 0 Å². The van der Waals surface area contributed by atoms with Crippen molar-refractivity contribution in [3.05, 3.63) is 102 Å². The minimum absolute atomic E-state index is 0.00804. The van der Waals surface area contributed by atoms with Gasteiger partial charge in [0.15, 0.2) is 11.7 Å². The first-order chi connectivity index (χ1) is 17.4. The van der Waals surface area contributed by atoms with Crippen molar-refractivity contribution < 1.29 is 22.8 Å². The second kappa shape index (κ2) is 11.4. The molecule has 0 spiro atoms. The molecule has 4 aromatic rings. The number of aromatic nitrogens is 1. The maximum absolute atomic E-state index is 13.9. The fraction of sp³-hybridized carbons (Fsp3) is 0.179. The van der Waals surface area contributed by atoms with E-state index in [-0.39, 0.29) is 48.3 Å². The van der Waals surface area contributed by atoms with Crippen LogP contribution in [-0.4, -0.2) is 23.3 Å². The number of nitrogens with one attached hydrogen (secondary N) is 1. The number of amides is 2. The third-order valence-electron chi connectivity index (χ3n) is 5.59. The number of hydrogen-bond acceptors (Lipinski definition) is 4. The molecule has 0 unspecified atom stereocenters. The molecule has 0 aliphatic heterocycles. The highest BCUT2D eigenvalue weighted by atomic mass is 19.1. The lowest BCUT2D eigenvalue weighted by molar-refractivity contribution is -0.118. The molecule has 0 saturated heterocycles. The maximum atomic E-state index is 13.9. The van der Waals surface area contributed by atoms with E-state index in [1.165, 1.54) is 12.3 Å². The molecule has 1 aromatic heterocycles. The number of rotatable bonds is 9. The smallest absolute Gasteiger partial charge is 0.231 e. The minimum Gasteiger partial charge on any atom is -0.441 e. The monoisotopic (exact) mass is 489 g/mol. The van der Waals surface area contributed by atoms with Crippen LogP contribution >= 0.6 is 0 Å². The Balaban J connectivity index is 1.28. The zero-order valence-electron chi connectivity index (χ0n) is 19.7. The highest BCUT2D eigenvalue weighted by molar-refractivity contribution is 5.95. The van der Waals surface area contributed by atoms with Crippen LogP contribution in [0.4, 0.5) is 20.2 Å². The first-order valence-corrected chi connectivity index (χ1v) is 11.6. The van der Waals surface area contributed by atoms with Gasteiger partial charge < -0.3 is 14.6 Å². The Morgan fingerprint density at radius 2 is 1.75 bits per heavy atom. The summed E-state index contributed by atoms with van der Waals surface area (Å²) >= 11 is 0. The average molecular weight is 490 g/mol. The minimum atomic E-state index is -0.747. The van der Waals surface area contributed by atoms with Gasteiger partial charge in [0.05, 0.1) is 18.2 Å². The molecule has 0 bridgehead atoms. The summed E-state index contributed by atoms with van der Waals surface area (Å²) in [6, 6.07) is 19.8. The number of oxazole rings is 1. The molecule has 4 rings (SSSR count). The van der Waals surface area contributed by atoms with E-state index in [2.05, 4.69) is 10.3 Å². The van der Waals surface area contributed by atoms with Gasteiger partial charge in [0.25, 0.3) is 0 Å². The lowest BCUT2D eigenvalue weighted by Gasteiger charge is -2.21. The van der Waals surface area contributed by atoms with Crippen LogP contribution in [-0.2, 0) is 22.4 Å². The molecule has 0 aliphatic rings. The van der Waals surface area contributed by atoms with Gasteiger partial charge in [-0.2, -0.15) is 0 Å². The Morgan fingerprint density at radius 1 is 1.00 bits per heavy atom. The van der Waals surface area contributed by atoms with E-state index < -0.39 is 11.6 Å². The van der Waals surface area contributed by atoms with E-state index in [1.54, 1.807) is 17.0 Å². The Labute approximate surface area is 207 Å². The lowest BCUT2D eigenvalue weighted by Crippen LogP contribution is -2.31. The van der Waals surface area contributed by atoms with Gasteiger partial charge in [0.2, 0.25) is 11.8 Å². The van der Waals surface area contributed by atoms with Crippen molar-refractivity contribution in [2.24, 2.45) is 0 Å². The second-order valence-electron chi connectivity index (χ2n) is 8.14. The molecule has 0 saturated carbocycles. The summed E-state index contributed by atoms with van der Waals surface area (Å²) in [5.74, 6) is -1.23. The van der Waals surface area contributed by atoms with Crippen LogP contribution in [0.25, 0.3) is 11.3 Å². The molecule has 0 fully saturated rings. The average Bonchev–Trinajstić information content (AvgIpc) is 3.34. The van der Waals surface area contributed by atoms with E-state index in [1.807, 2.05) is 49.4 Å². The first-order valence-electron chi connectivity index (χ1n) is 11.6. The van der Waals surface area contributed by atoms with E-state index in [0.717, 1.165) is 23.4 Å². The number of anilines is 2. The molecule has 8 heteroatoms. The van der Waals surface area contributed by atoms with Crippen molar-refractivity contribution in [3.63, 3.8) is 0 Å². The summed E-state index contributed by atoms with van der Waals surface area (Å²) in [7, 11) is 0. The molecular formula is C28H25F2N3O3. The molecule has 36 heavy (non-hydrogen) atoms. The largest absolute Gasteiger partial charge is 0.441 e. The summed E-state index contributed by atoms with van der Waals surface area (Å²) in [6.45, 7) is 2.51. The van der Waals surface area contributed by atoms with Crippen LogP contribution in [0.15, 0.2) is 83.4 Å². The fourth-order valence-corrected chi connectivity index (χ4v) is 3.77. The molecular weight excluding hydrogens is 464 g/mol. The summed E-state index contributed by atoms with van der Waals surface area (Å²) < 4.78 is 32.5. The normalized spacial score (nSPS) is 10.8. The zero-order chi connectivity index (χ0) is 25.5. The van der Waals surface area contributed by atoms with Crippen molar-refractivity contribution in [3.8, 4) is 11.3 Å². The number of nitrogens with zero attached hydrogens (tertiary/aromatic N) is 2. The van der Waals surface area contributed by atoms with E-state index in [9.17, 15) is 18.4 Å². The quantitative estimate of drug-likeness (QED) is 0.323. The molecule has 0 radical (unpaired) electrons. The Kier molecular flexibility index (Phi) is 7.85. The molecule has 2 amide bonds. The Morgan fingerprint density at radius 3 is 2.44 bits per heavy atom. The van der Waals surface area contributed by atoms with Gasteiger partial charge in [0.1, 0.15) is 11.6 Å². The van der Waals surface area contributed by atoms with Crippen molar-refractivity contribution in [2.75, 3.05) is 16.8 Å². The molecule has 1 heterocycles. The van der Waals surface area contributed by atoms with Crippen LogP contribution < -0.4 is 10.2 Å². The lowest BCUT2D eigenvalue weighted by atomic mass is 10.1. The van der Waals surface area contributed by atoms with Gasteiger partial charge in [0, 0.05) is 36.8 Å². The third kappa shape index (κ3) is 6.21. The van der Waals surface area contributed by atoms with Gasteiger partial charge in [-0.25, -0.2) is 13.8 Å². The number of benzene rings is 3. The number of aryl methyl sites for hydroxylation is 1. The van der Waals surface area contributed by atoms with Crippen LogP contribution in [0.5, 0.6) is 0 Å². The predicted octanol–water partition coefficient (Wildman–Crippen LogP) is 5.79. The summed E-state index contributed by atoms with van der Waals surface area (Å²) in [6.07, 6.45) is 1.92. The maximum Gasteiger partial charge on any atom is 0.231 e. The van der Waals surface area contributed by atoms with Crippen LogP contribution in [0.2, 0.25) is 0 Å². The zero-order valence-corrected chi connectivity index (χ0v) is 19.7. The number of hydrogen-bond donors (Lipinski definition) is 1. The summed E-state index contributed by atoms with van der Waals surface area (Å²) in [5.41, 5.74) is 2.40. The van der Waals surface area contributed by atoms with Crippen molar-refractivity contribution >= 4 is 23.2 Å². The molecule has 3 aromatic carbocycles. The molecule has 0 atom stereocenters. The number of likely N-dealkylation sites (N-methyl/N-ethyl adjacent to an activating group) is 1. The molecule has 6 nitrogen and oxygen atoms in total. The summed E-state index contributed by atoms with van der Waals surface area (Å²) in [4.78, 5) is 30.9. The number of carbonyl (C=O) groups excluding carboxylic acids is 2.